The van der Waals surface area contributed by atoms with Gasteiger partial charge in [-0.2, -0.15) is 0 Å². The zero-order valence-corrected chi connectivity index (χ0v) is 17.7. The van der Waals surface area contributed by atoms with Crippen molar-refractivity contribution >= 4 is 40.2 Å². The van der Waals surface area contributed by atoms with Crippen LogP contribution in [0.15, 0.2) is 35.3 Å². The number of hydrogen-bond acceptors (Lipinski definition) is 4. The van der Waals surface area contributed by atoms with Crippen molar-refractivity contribution < 1.29 is 14.6 Å². The number of aromatic nitrogens is 1. The second kappa shape index (κ2) is 7.06. The topological polar surface area (TPSA) is 67.1 Å². The number of carbonyl (C=O) groups is 1. The summed E-state index contributed by atoms with van der Waals surface area (Å²) < 4.78 is 8.10. The molecule has 0 bridgehead atoms. The Morgan fingerprint density at radius 3 is 2.67 bits per heavy atom. The molecule has 0 saturated carbocycles. The molecular formula is C23H22ClN3O3. The van der Waals surface area contributed by atoms with Gasteiger partial charge < -0.3 is 14.4 Å². The summed E-state index contributed by atoms with van der Waals surface area (Å²) in [5.74, 6) is -0.854. The number of aryl methyl sites for hydroxylation is 1. The lowest BCUT2D eigenvalue weighted by Gasteiger charge is -2.33. The Morgan fingerprint density at radius 2 is 2.00 bits per heavy atom. The number of aliphatic carboxylic acids is 1. The van der Waals surface area contributed by atoms with Gasteiger partial charge in [-0.3, -0.25) is 9.69 Å². The number of anilines is 1. The van der Waals surface area contributed by atoms with Crippen molar-refractivity contribution in [2.45, 2.75) is 26.8 Å². The SMILES string of the molecule is Cc1c(CC(=O)O)c(-c2ccc(Cl)cc2)c2cc(C)n3c2c1N(C1=NCCO1)CC3. The van der Waals surface area contributed by atoms with Gasteiger partial charge >= 0.3 is 5.97 Å². The first-order chi connectivity index (χ1) is 14.5. The van der Waals surface area contributed by atoms with Crippen molar-refractivity contribution in [2.24, 2.45) is 4.99 Å². The summed E-state index contributed by atoms with van der Waals surface area (Å²) in [4.78, 5) is 18.5. The van der Waals surface area contributed by atoms with Gasteiger partial charge in [-0.1, -0.05) is 23.7 Å². The Morgan fingerprint density at radius 1 is 1.23 bits per heavy atom. The first-order valence-corrected chi connectivity index (χ1v) is 10.4. The van der Waals surface area contributed by atoms with Gasteiger partial charge in [0.1, 0.15) is 6.61 Å². The maximum Gasteiger partial charge on any atom is 0.307 e. The van der Waals surface area contributed by atoms with Crippen molar-refractivity contribution in [1.29, 1.82) is 0 Å². The molecule has 6 nitrogen and oxygen atoms in total. The summed E-state index contributed by atoms with van der Waals surface area (Å²) in [7, 11) is 0. The number of halogens is 1. The molecule has 154 valence electrons. The molecule has 3 heterocycles. The van der Waals surface area contributed by atoms with Crippen LogP contribution < -0.4 is 4.90 Å². The summed E-state index contributed by atoms with van der Waals surface area (Å²) in [6.07, 6.45) is -0.0574. The third kappa shape index (κ3) is 2.86. The molecule has 3 aromatic rings. The van der Waals surface area contributed by atoms with Crippen LogP contribution >= 0.6 is 11.6 Å². The smallest absolute Gasteiger partial charge is 0.307 e. The molecule has 0 radical (unpaired) electrons. The molecule has 0 unspecified atom stereocenters. The van der Waals surface area contributed by atoms with Crippen molar-refractivity contribution in [3.8, 4) is 11.1 Å². The molecule has 2 aliphatic heterocycles. The van der Waals surface area contributed by atoms with Gasteiger partial charge in [-0.15, -0.1) is 0 Å². The molecule has 0 saturated heterocycles. The van der Waals surface area contributed by atoms with Gasteiger partial charge in [0.15, 0.2) is 0 Å². The summed E-state index contributed by atoms with van der Waals surface area (Å²) >= 11 is 6.12. The zero-order chi connectivity index (χ0) is 21.0. The quantitative estimate of drug-likeness (QED) is 0.677. The van der Waals surface area contributed by atoms with Crippen molar-refractivity contribution in [1.82, 2.24) is 4.57 Å². The maximum atomic E-state index is 11.8. The van der Waals surface area contributed by atoms with E-state index < -0.39 is 5.97 Å². The van der Waals surface area contributed by atoms with Gasteiger partial charge in [0.2, 0.25) is 0 Å². The van der Waals surface area contributed by atoms with E-state index in [1.807, 2.05) is 31.2 Å². The molecule has 0 spiro atoms. The Bertz CT molecular complexity index is 1210. The summed E-state index contributed by atoms with van der Waals surface area (Å²) in [6, 6.07) is 10.4. The predicted octanol–water partition coefficient (Wildman–Crippen LogP) is 4.41. The highest BCUT2D eigenvalue weighted by Crippen LogP contribution is 2.45. The third-order valence-corrected chi connectivity index (χ3v) is 6.24. The molecule has 0 amide bonds. The van der Waals surface area contributed by atoms with Crippen LogP contribution in [0.5, 0.6) is 0 Å². The van der Waals surface area contributed by atoms with E-state index in [1.165, 1.54) is 0 Å². The van der Waals surface area contributed by atoms with Crippen LogP contribution in [0.4, 0.5) is 5.69 Å². The van der Waals surface area contributed by atoms with Gasteiger partial charge in [0, 0.05) is 29.2 Å². The zero-order valence-electron chi connectivity index (χ0n) is 16.9. The molecule has 7 heteroatoms. The summed E-state index contributed by atoms with van der Waals surface area (Å²) in [5, 5.41) is 11.4. The first-order valence-electron chi connectivity index (χ1n) is 10.0. The number of carboxylic acid groups (broad SMARTS) is 1. The fourth-order valence-corrected chi connectivity index (χ4v) is 4.85. The maximum absolute atomic E-state index is 11.8. The Labute approximate surface area is 179 Å². The van der Waals surface area contributed by atoms with Crippen LogP contribution in [0, 0.1) is 13.8 Å². The Balaban J connectivity index is 1.87. The Kier molecular flexibility index (Phi) is 4.47. The van der Waals surface area contributed by atoms with E-state index in [2.05, 4.69) is 27.4 Å². The molecule has 0 fully saturated rings. The highest BCUT2D eigenvalue weighted by atomic mass is 35.5. The monoisotopic (exact) mass is 423 g/mol. The number of hydrogen-bond donors (Lipinski definition) is 1. The van der Waals surface area contributed by atoms with Crippen LogP contribution in [-0.2, 0) is 22.5 Å². The second-order valence-corrected chi connectivity index (χ2v) is 8.21. The lowest BCUT2D eigenvalue weighted by Crippen LogP contribution is -2.38. The van der Waals surface area contributed by atoms with E-state index in [-0.39, 0.29) is 6.42 Å². The number of ether oxygens (including phenoxy) is 1. The number of benzene rings is 2. The highest BCUT2D eigenvalue weighted by Gasteiger charge is 2.32. The number of carboxylic acids is 1. The van der Waals surface area contributed by atoms with Crippen molar-refractivity contribution in [3.63, 3.8) is 0 Å². The minimum atomic E-state index is -0.854. The van der Waals surface area contributed by atoms with Crippen LogP contribution in [0.2, 0.25) is 5.02 Å². The van der Waals surface area contributed by atoms with Crippen molar-refractivity contribution in [2.75, 3.05) is 24.6 Å². The summed E-state index contributed by atoms with van der Waals surface area (Å²) in [5.41, 5.74) is 6.95. The largest absolute Gasteiger partial charge is 0.481 e. The summed E-state index contributed by atoms with van der Waals surface area (Å²) in [6.45, 7) is 6.90. The van der Waals surface area contributed by atoms with E-state index in [0.717, 1.165) is 57.6 Å². The standard InChI is InChI=1S/C23H22ClN3O3/c1-13-11-18-20(15-3-5-16(24)6-4-15)17(12-19(28)29)14(2)21-22(18)26(13)8-9-27(21)23-25-7-10-30-23/h3-6,11H,7-10,12H2,1-2H3,(H,28,29). The molecule has 0 aliphatic carbocycles. The normalized spacial score (nSPS) is 15.4. The van der Waals surface area contributed by atoms with Crippen LogP contribution in [0.3, 0.4) is 0 Å². The molecule has 2 aliphatic rings. The lowest BCUT2D eigenvalue weighted by molar-refractivity contribution is -0.136. The van der Waals surface area contributed by atoms with Crippen molar-refractivity contribution in [3.05, 3.63) is 52.2 Å². The molecule has 5 rings (SSSR count). The Hall–Kier alpha value is -2.99. The van der Waals surface area contributed by atoms with Gasteiger partial charge in [0.25, 0.3) is 6.02 Å². The third-order valence-electron chi connectivity index (χ3n) is 5.99. The second-order valence-electron chi connectivity index (χ2n) is 7.77. The molecule has 30 heavy (non-hydrogen) atoms. The molecular weight excluding hydrogens is 402 g/mol. The van der Waals surface area contributed by atoms with Gasteiger partial charge in [-0.25, -0.2) is 4.99 Å². The number of nitrogens with zero attached hydrogens (tertiary/aromatic N) is 3. The van der Waals surface area contributed by atoms with Crippen LogP contribution in [0.25, 0.3) is 22.0 Å². The fourth-order valence-electron chi connectivity index (χ4n) is 4.72. The van der Waals surface area contributed by atoms with E-state index in [1.54, 1.807) is 0 Å². The van der Waals surface area contributed by atoms with Crippen LogP contribution in [0.1, 0.15) is 16.8 Å². The van der Waals surface area contributed by atoms with E-state index >= 15 is 0 Å². The van der Waals surface area contributed by atoms with Crippen LogP contribution in [-0.4, -0.2) is 41.4 Å². The molecule has 2 aromatic carbocycles. The first kappa shape index (κ1) is 19.0. The number of rotatable bonds is 3. The average Bonchev–Trinajstić information content (AvgIpc) is 3.36. The lowest BCUT2D eigenvalue weighted by atomic mass is 9.88. The molecule has 0 atom stereocenters. The minimum absolute atomic E-state index is 0.0574. The van der Waals surface area contributed by atoms with E-state index in [4.69, 9.17) is 16.3 Å². The molecule has 1 aromatic heterocycles. The number of aliphatic imine (C=N–C) groups is 1. The van der Waals surface area contributed by atoms with E-state index in [9.17, 15) is 9.90 Å². The van der Waals surface area contributed by atoms with Gasteiger partial charge in [-0.05, 0) is 54.3 Å². The minimum Gasteiger partial charge on any atom is -0.481 e. The van der Waals surface area contributed by atoms with E-state index in [0.29, 0.717) is 24.2 Å². The van der Waals surface area contributed by atoms with Gasteiger partial charge in [0.05, 0.1) is 24.2 Å². The number of amidine groups is 1. The fraction of sp³-hybridized carbons (Fsp3) is 0.304. The molecule has 1 N–H and O–H groups in total. The highest BCUT2D eigenvalue weighted by molar-refractivity contribution is 6.30. The predicted molar refractivity (Wildman–Crippen MR) is 119 cm³/mol. The average molecular weight is 424 g/mol.